The van der Waals surface area contributed by atoms with E-state index in [0.717, 1.165) is 4.31 Å². The second-order valence-electron chi connectivity index (χ2n) is 4.58. The lowest BCUT2D eigenvalue weighted by Crippen LogP contribution is -2.37. The van der Waals surface area contributed by atoms with E-state index in [-0.39, 0.29) is 12.1 Å². The number of carboxylic acid groups (broad SMARTS) is 1. The van der Waals surface area contributed by atoms with Gasteiger partial charge in [-0.3, -0.25) is 4.79 Å². The van der Waals surface area contributed by atoms with E-state index >= 15 is 0 Å². The molecule has 0 aliphatic carbocycles. The summed E-state index contributed by atoms with van der Waals surface area (Å²) < 4.78 is 38.9. The molecule has 0 amide bonds. The summed E-state index contributed by atoms with van der Waals surface area (Å²) in [4.78, 5) is 10.7. The highest BCUT2D eigenvalue weighted by molar-refractivity contribution is 7.88. The van der Waals surface area contributed by atoms with Crippen molar-refractivity contribution in [3.8, 4) is 0 Å². The fraction of sp³-hybridized carbons (Fsp3) is 0.462. The zero-order valence-electron chi connectivity index (χ0n) is 11.5. The van der Waals surface area contributed by atoms with Crippen LogP contribution in [0.15, 0.2) is 18.2 Å². The number of rotatable bonds is 7. The Morgan fingerprint density at radius 1 is 1.40 bits per heavy atom. The van der Waals surface area contributed by atoms with Crippen molar-refractivity contribution in [3.05, 3.63) is 35.1 Å². The van der Waals surface area contributed by atoms with Gasteiger partial charge in [-0.25, -0.2) is 12.8 Å². The second-order valence-corrected chi connectivity index (χ2v) is 6.55. The van der Waals surface area contributed by atoms with Crippen molar-refractivity contribution in [2.75, 3.05) is 13.1 Å². The van der Waals surface area contributed by atoms with E-state index in [1.54, 1.807) is 19.9 Å². The molecule has 0 aliphatic heterocycles. The molecule has 20 heavy (non-hydrogen) atoms. The van der Waals surface area contributed by atoms with E-state index in [4.69, 9.17) is 5.11 Å². The van der Waals surface area contributed by atoms with Gasteiger partial charge in [0, 0.05) is 12.1 Å². The van der Waals surface area contributed by atoms with Crippen molar-refractivity contribution in [1.82, 2.24) is 4.31 Å². The van der Waals surface area contributed by atoms with Crippen LogP contribution in [0.3, 0.4) is 0 Å². The van der Waals surface area contributed by atoms with Crippen LogP contribution in [0, 0.1) is 12.7 Å². The lowest BCUT2D eigenvalue weighted by atomic mass is 10.2. The Bertz CT molecular complexity index is 586. The van der Waals surface area contributed by atoms with Gasteiger partial charge in [-0.1, -0.05) is 19.1 Å². The summed E-state index contributed by atoms with van der Waals surface area (Å²) >= 11 is 0. The zero-order chi connectivity index (χ0) is 15.3. The summed E-state index contributed by atoms with van der Waals surface area (Å²) in [7, 11) is -3.86. The molecule has 1 N–H and O–H groups in total. The maximum absolute atomic E-state index is 13.7. The van der Waals surface area contributed by atoms with Crippen molar-refractivity contribution in [2.24, 2.45) is 0 Å². The average Bonchev–Trinajstić information content (AvgIpc) is 2.32. The van der Waals surface area contributed by atoms with Crippen molar-refractivity contribution in [2.45, 2.75) is 26.0 Å². The molecule has 0 fully saturated rings. The SMILES string of the molecule is CCCN(CC(=O)O)S(=O)(=O)Cc1ccc(C)cc1F. The maximum atomic E-state index is 13.7. The topological polar surface area (TPSA) is 74.7 Å². The number of aliphatic carboxylic acids is 1. The Hall–Kier alpha value is -1.47. The van der Waals surface area contributed by atoms with Crippen LogP contribution in [-0.4, -0.2) is 36.9 Å². The number of carboxylic acids is 1. The first-order valence-electron chi connectivity index (χ1n) is 6.21. The summed E-state index contributed by atoms with van der Waals surface area (Å²) in [6.45, 7) is 2.94. The van der Waals surface area contributed by atoms with Gasteiger partial charge in [0.15, 0.2) is 0 Å². The molecule has 0 saturated heterocycles. The molecule has 112 valence electrons. The van der Waals surface area contributed by atoms with Crippen LogP contribution in [0.5, 0.6) is 0 Å². The highest BCUT2D eigenvalue weighted by atomic mass is 32.2. The molecule has 0 saturated carbocycles. The van der Waals surface area contributed by atoms with Gasteiger partial charge in [0.2, 0.25) is 10.0 Å². The molecule has 5 nitrogen and oxygen atoms in total. The van der Waals surface area contributed by atoms with E-state index in [1.807, 2.05) is 0 Å². The van der Waals surface area contributed by atoms with Gasteiger partial charge in [-0.15, -0.1) is 0 Å². The lowest BCUT2D eigenvalue weighted by molar-refractivity contribution is -0.137. The molecule has 0 bridgehead atoms. The van der Waals surface area contributed by atoms with Crippen LogP contribution >= 0.6 is 0 Å². The van der Waals surface area contributed by atoms with Crippen LogP contribution in [0.2, 0.25) is 0 Å². The monoisotopic (exact) mass is 303 g/mol. The van der Waals surface area contributed by atoms with Gasteiger partial charge in [-0.05, 0) is 25.0 Å². The number of nitrogens with zero attached hydrogens (tertiary/aromatic N) is 1. The van der Waals surface area contributed by atoms with Crippen LogP contribution in [0.1, 0.15) is 24.5 Å². The fourth-order valence-electron chi connectivity index (χ4n) is 1.77. The summed E-state index contributed by atoms with van der Waals surface area (Å²) in [6.07, 6.45) is 0.489. The first-order chi connectivity index (χ1) is 9.26. The molecule has 0 atom stereocenters. The summed E-state index contributed by atoms with van der Waals surface area (Å²) in [6, 6.07) is 4.29. The zero-order valence-corrected chi connectivity index (χ0v) is 12.3. The summed E-state index contributed by atoms with van der Waals surface area (Å²) in [5.74, 6) is -2.36. The fourth-order valence-corrected chi connectivity index (χ4v) is 3.35. The van der Waals surface area contributed by atoms with Gasteiger partial charge in [0.05, 0.1) is 5.75 Å². The predicted molar refractivity (Wildman–Crippen MR) is 73.3 cm³/mol. The van der Waals surface area contributed by atoms with Gasteiger partial charge >= 0.3 is 5.97 Å². The molecule has 0 aliphatic rings. The third-order valence-electron chi connectivity index (χ3n) is 2.72. The van der Waals surface area contributed by atoms with Crippen LogP contribution in [0.25, 0.3) is 0 Å². The van der Waals surface area contributed by atoms with Crippen molar-refractivity contribution in [1.29, 1.82) is 0 Å². The molecule has 0 radical (unpaired) electrons. The first-order valence-corrected chi connectivity index (χ1v) is 7.82. The Morgan fingerprint density at radius 3 is 2.55 bits per heavy atom. The Labute approximate surface area is 118 Å². The molecular weight excluding hydrogens is 285 g/mol. The molecule has 0 heterocycles. The minimum absolute atomic E-state index is 0.0436. The Morgan fingerprint density at radius 2 is 2.05 bits per heavy atom. The lowest BCUT2D eigenvalue weighted by Gasteiger charge is -2.19. The third-order valence-corrected chi connectivity index (χ3v) is 4.50. The smallest absolute Gasteiger partial charge is 0.318 e. The van der Waals surface area contributed by atoms with Crippen molar-refractivity contribution in [3.63, 3.8) is 0 Å². The minimum Gasteiger partial charge on any atom is -0.480 e. The molecule has 1 aromatic carbocycles. The van der Waals surface area contributed by atoms with Crippen LogP contribution < -0.4 is 0 Å². The second kappa shape index (κ2) is 6.81. The number of hydrogen-bond acceptors (Lipinski definition) is 3. The highest BCUT2D eigenvalue weighted by Crippen LogP contribution is 2.16. The van der Waals surface area contributed by atoms with Gasteiger partial charge in [-0.2, -0.15) is 4.31 Å². The molecule has 1 aromatic rings. The average molecular weight is 303 g/mol. The molecule has 0 unspecified atom stereocenters. The van der Waals surface area contributed by atoms with Crippen molar-refractivity contribution < 1.29 is 22.7 Å². The number of aryl methyl sites for hydroxylation is 1. The third kappa shape index (κ3) is 4.57. The number of hydrogen-bond donors (Lipinski definition) is 1. The molecular formula is C13H18FNO4S. The summed E-state index contributed by atoms with van der Waals surface area (Å²) in [5, 5.41) is 8.75. The highest BCUT2D eigenvalue weighted by Gasteiger charge is 2.25. The van der Waals surface area contributed by atoms with E-state index in [9.17, 15) is 17.6 Å². The number of carbonyl (C=O) groups is 1. The Kier molecular flexibility index (Phi) is 5.64. The molecule has 7 heteroatoms. The molecule has 1 rings (SSSR count). The maximum Gasteiger partial charge on any atom is 0.318 e. The van der Waals surface area contributed by atoms with Gasteiger partial charge in [0.25, 0.3) is 0 Å². The minimum atomic E-state index is -3.86. The van der Waals surface area contributed by atoms with Crippen molar-refractivity contribution >= 4 is 16.0 Å². The standard InChI is InChI=1S/C13H18FNO4S/c1-3-6-15(8-13(16)17)20(18,19)9-11-5-4-10(2)7-12(11)14/h4-5,7H,3,6,8-9H2,1-2H3,(H,16,17). The Balaban J connectivity index is 2.99. The number of sulfonamides is 1. The van der Waals surface area contributed by atoms with Gasteiger partial charge in [0.1, 0.15) is 12.4 Å². The van der Waals surface area contributed by atoms with Crippen LogP contribution in [0.4, 0.5) is 4.39 Å². The van der Waals surface area contributed by atoms with E-state index in [1.165, 1.54) is 12.1 Å². The number of halogens is 1. The predicted octanol–water partition coefficient (Wildman–Crippen LogP) is 1.76. The first kappa shape index (κ1) is 16.6. The van der Waals surface area contributed by atoms with Crippen LogP contribution in [-0.2, 0) is 20.6 Å². The van der Waals surface area contributed by atoms with E-state index in [0.29, 0.717) is 12.0 Å². The molecule has 0 aromatic heterocycles. The quantitative estimate of drug-likeness (QED) is 0.833. The summed E-state index contributed by atoms with van der Waals surface area (Å²) in [5.41, 5.74) is 0.738. The number of benzene rings is 1. The largest absolute Gasteiger partial charge is 0.480 e. The van der Waals surface area contributed by atoms with E-state index < -0.39 is 34.1 Å². The van der Waals surface area contributed by atoms with E-state index in [2.05, 4.69) is 0 Å². The normalized spacial score (nSPS) is 11.8. The molecule has 0 spiro atoms. The van der Waals surface area contributed by atoms with Gasteiger partial charge < -0.3 is 5.11 Å².